The monoisotopic (exact) mass is 983 g/mol. The van der Waals surface area contributed by atoms with Crippen molar-refractivity contribution in [2.75, 3.05) is 26.4 Å². The summed E-state index contributed by atoms with van der Waals surface area (Å²) in [6, 6.07) is 0. The van der Waals surface area contributed by atoms with Crippen molar-refractivity contribution < 1.29 is 44.2 Å². The van der Waals surface area contributed by atoms with Crippen molar-refractivity contribution >= 4 is 5.97 Å². The summed E-state index contributed by atoms with van der Waals surface area (Å²) in [4.78, 5) is 12.9. The third-order valence-corrected chi connectivity index (χ3v) is 12.8. The highest BCUT2D eigenvalue weighted by molar-refractivity contribution is 5.69. The van der Waals surface area contributed by atoms with E-state index in [1.807, 2.05) is 0 Å². The fourth-order valence-electron chi connectivity index (χ4n) is 8.37. The molecule has 0 aromatic carbocycles. The van der Waals surface area contributed by atoms with E-state index in [0.717, 1.165) is 83.5 Å². The van der Waals surface area contributed by atoms with E-state index in [2.05, 4.69) is 98.9 Å². The number of carbonyl (C=O) groups is 1. The van der Waals surface area contributed by atoms with Gasteiger partial charge in [0.1, 0.15) is 30.5 Å². The third-order valence-electron chi connectivity index (χ3n) is 12.8. The molecule has 1 saturated heterocycles. The number of carbonyl (C=O) groups excluding carboxylic acids is 1. The molecular weight excluding hydrogens is 877 g/mol. The summed E-state index contributed by atoms with van der Waals surface area (Å²) in [5, 5.41) is 40.4. The Bertz CT molecular complexity index is 1350. The van der Waals surface area contributed by atoms with Crippen LogP contribution in [0.25, 0.3) is 0 Å². The maximum absolute atomic E-state index is 12.9. The number of ether oxygens (including phenoxy) is 4. The van der Waals surface area contributed by atoms with Crippen LogP contribution in [-0.2, 0) is 23.7 Å². The highest BCUT2D eigenvalue weighted by atomic mass is 16.7. The molecule has 1 aliphatic rings. The molecule has 0 aromatic heterocycles. The van der Waals surface area contributed by atoms with E-state index in [4.69, 9.17) is 18.9 Å². The van der Waals surface area contributed by atoms with Crippen LogP contribution in [0.3, 0.4) is 0 Å². The lowest BCUT2D eigenvalue weighted by atomic mass is 9.99. The van der Waals surface area contributed by atoms with Crippen LogP contribution in [0.1, 0.15) is 232 Å². The molecule has 1 aliphatic heterocycles. The molecule has 6 atom stereocenters. The summed E-state index contributed by atoms with van der Waals surface area (Å²) < 4.78 is 23.0. The van der Waals surface area contributed by atoms with Gasteiger partial charge in [0, 0.05) is 13.0 Å². The van der Waals surface area contributed by atoms with E-state index in [1.54, 1.807) is 0 Å². The van der Waals surface area contributed by atoms with Crippen molar-refractivity contribution in [3.8, 4) is 0 Å². The molecule has 0 aliphatic carbocycles. The molecule has 9 heteroatoms. The summed E-state index contributed by atoms with van der Waals surface area (Å²) in [6.07, 6.45) is 63.4. The predicted molar refractivity (Wildman–Crippen MR) is 293 cm³/mol. The second kappa shape index (κ2) is 51.3. The Balaban J connectivity index is 2.18. The van der Waals surface area contributed by atoms with Gasteiger partial charge in [-0.05, 0) is 89.9 Å². The highest BCUT2D eigenvalue weighted by Crippen LogP contribution is 2.23. The zero-order valence-electron chi connectivity index (χ0n) is 44.7. The SMILES string of the molecule is CC/C=C\C/C=C\C/C=C\C/C=C\C/C=C\CCCCCCCCCC(=O)OC(COCCCCCCCCCCCCCC/C=C\C/C=C\CCCCCCC)COC1OC(CO)C(O)C(O)C1O. The topological polar surface area (TPSA) is 135 Å². The van der Waals surface area contributed by atoms with Crippen LogP contribution in [0, 0.1) is 0 Å². The smallest absolute Gasteiger partial charge is 0.306 e. The number of hydrogen-bond donors (Lipinski definition) is 4. The molecule has 0 saturated carbocycles. The molecule has 1 fully saturated rings. The second-order valence-corrected chi connectivity index (χ2v) is 19.4. The van der Waals surface area contributed by atoms with Gasteiger partial charge >= 0.3 is 5.97 Å². The summed E-state index contributed by atoms with van der Waals surface area (Å²) in [7, 11) is 0. The zero-order chi connectivity index (χ0) is 50.6. The standard InChI is InChI=1S/C61H106O9/c1-3-5-7-9-11-13-15-17-19-21-23-25-27-29-31-33-35-37-39-41-43-45-47-49-51-67-53-55(54-68-61-60(66)59(65)58(64)56(52-62)70-61)69-57(63)50-48-46-44-42-40-38-36-34-32-30-28-26-24-22-20-18-16-14-12-10-8-6-4-2/h6,8,12,14-15,17-18,20-21,23-24,26,30,32,55-56,58-62,64-66H,3-5,7,9-11,13,16,19,22,25,27-29,31,33-54H2,1-2H3/b8-6-,14-12-,17-15-,20-18-,23-21-,26-24-,32-30-. The molecule has 0 bridgehead atoms. The van der Waals surface area contributed by atoms with Crippen molar-refractivity contribution in [3.63, 3.8) is 0 Å². The second-order valence-electron chi connectivity index (χ2n) is 19.4. The Hall–Kier alpha value is -2.63. The van der Waals surface area contributed by atoms with Crippen LogP contribution >= 0.6 is 0 Å². The molecule has 0 aromatic rings. The van der Waals surface area contributed by atoms with Crippen LogP contribution in [0.4, 0.5) is 0 Å². The normalized spacial score (nSPS) is 19.5. The summed E-state index contributed by atoms with van der Waals surface area (Å²) in [5.41, 5.74) is 0. The lowest BCUT2D eigenvalue weighted by Crippen LogP contribution is -2.59. The average molecular weight is 984 g/mol. The quantitative estimate of drug-likeness (QED) is 0.0267. The Morgan fingerprint density at radius 2 is 0.871 bits per heavy atom. The maximum Gasteiger partial charge on any atom is 0.306 e. The summed E-state index contributed by atoms with van der Waals surface area (Å²) >= 11 is 0. The lowest BCUT2D eigenvalue weighted by molar-refractivity contribution is -0.305. The van der Waals surface area contributed by atoms with Gasteiger partial charge in [-0.1, -0.05) is 221 Å². The lowest BCUT2D eigenvalue weighted by Gasteiger charge is -2.39. The number of esters is 1. The number of unbranched alkanes of at least 4 members (excludes halogenated alkanes) is 24. The highest BCUT2D eigenvalue weighted by Gasteiger charge is 2.44. The first kappa shape index (κ1) is 65.4. The van der Waals surface area contributed by atoms with Crippen molar-refractivity contribution in [3.05, 3.63) is 85.1 Å². The molecule has 6 unspecified atom stereocenters. The number of aliphatic hydroxyl groups excluding tert-OH is 4. The molecule has 70 heavy (non-hydrogen) atoms. The minimum absolute atomic E-state index is 0.122. The third kappa shape index (κ3) is 40.9. The molecule has 9 nitrogen and oxygen atoms in total. The molecule has 1 heterocycles. The molecule has 1 rings (SSSR count). The largest absolute Gasteiger partial charge is 0.457 e. The fraction of sp³-hybridized carbons (Fsp3) is 0.754. The molecule has 0 amide bonds. The molecular formula is C61H106O9. The van der Waals surface area contributed by atoms with Gasteiger partial charge in [0.15, 0.2) is 6.29 Å². The van der Waals surface area contributed by atoms with E-state index >= 15 is 0 Å². The Kier molecular flexibility index (Phi) is 47.9. The van der Waals surface area contributed by atoms with Crippen molar-refractivity contribution in [1.29, 1.82) is 0 Å². The van der Waals surface area contributed by atoms with Gasteiger partial charge in [-0.25, -0.2) is 0 Å². The van der Waals surface area contributed by atoms with Crippen LogP contribution in [0.5, 0.6) is 0 Å². The van der Waals surface area contributed by atoms with Gasteiger partial charge in [0.25, 0.3) is 0 Å². The molecule has 0 spiro atoms. The van der Waals surface area contributed by atoms with Crippen molar-refractivity contribution in [1.82, 2.24) is 0 Å². The Labute approximate surface area is 429 Å². The van der Waals surface area contributed by atoms with Crippen molar-refractivity contribution in [2.45, 2.75) is 269 Å². The van der Waals surface area contributed by atoms with E-state index < -0.39 is 43.4 Å². The van der Waals surface area contributed by atoms with Gasteiger partial charge < -0.3 is 39.4 Å². The van der Waals surface area contributed by atoms with E-state index in [-0.39, 0.29) is 19.2 Å². The van der Waals surface area contributed by atoms with Gasteiger partial charge in [-0.2, -0.15) is 0 Å². The molecule has 0 radical (unpaired) electrons. The van der Waals surface area contributed by atoms with E-state index in [1.165, 1.54) is 128 Å². The van der Waals surface area contributed by atoms with Crippen LogP contribution in [0.15, 0.2) is 85.1 Å². The van der Waals surface area contributed by atoms with Crippen molar-refractivity contribution in [2.24, 2.45) is 0 Å². The van der Waals surface area contributed by atoms with E-state index in [0.29, 0.717) is 13.0 Å². The Morgan fingerprint density at radius 1 is 0.471 bits per heavy atom. The summed E-state index contributed by atoms with van der Waals surface area (Å²) in [5.74, 6) is -0.326. The van der Waals surface area contributed by atoms with Crippen LogP contribution < -0.4 is 0 Å². The van der Waals surface area contributed by atoms with Gasteiger partial charge in [-0.15, -0.1) is 0 Å². The van der Waals surface area contributed by atoms with Gasteiger partial charge in [-0.3, -0.25) is 4.79 Å². The number of rotatable bonds is 49. The maximum atomic E-state index is 12.9. The fourth-order valence-corrected chi connectivity index (χ4v) is 8.37. The molecule has 4 N–H and O–H groups in total. The van der Waals surface area contributed by atoms with E-state index in [9.17, 15) is 25.2 Å². The number of hydrogen-bond acceptors (Lipinski definition) is 9. The first-order valence-electron chi connectivity index (χ1n) is 28.7. The van der Waals surface area contributed by atoms with Gasteiger partial charge in [0.2, 0.25) is 0 Å². The first-order valence-corrected chi connectivity index (χ1v) is 28.7. The number of allylic oxidation sites excluding steroid dienone is 14. The zero-order valence-corrected chi connectivity index (χ0v) is 44.7. The minimum Gasteiger partial charge on any atom is -0.457 e. The van der Waals surface area contributed by atoms with Gasteiger partial charge in [0.05, 0.1) is 19.8 Å². The predicted octanol–water partition coefficient (Wildman–Crippen LogP) is 14.9. The average Bonchev–Trinajstić information content (AvgIpc) is 3.36. The minimum atomic E-state index is -1.54. The summed E-state index contributed by atoms with van der Waals surface area (Å²) in [6.45, 7) is 4.43. The Morgan fingerprint density at radius 3 is 1.31 bits per heavy atom. The van der Waals surface area contributed by atoms with Crippen LogP contribution in [-0.4, -0.2) is 89.6 Å². The van der Waals surface area contributed by atoms with Crippen LogP contribution in [0.2, 0.25) is 0 Å². The molecule has 404 valence electrons. The first-order chi connectivity index (χ1) is 34.4. The number of aliphatic hydroxyl groups is 4.